The average Bonchev–Trinajstić information content (AvgIpc) is 3.25. The third-order valence-electron chi connectivity index (χ3n) is 6.12. The quantitative estimate of drug-likeness (QED) is 0.594. The van der Waals surface area contributed by atoms with Crippen molar-refractivity contribution in [1.82, 2.24) is 10.2 Å². The van der Waals surface area contributed by atoms with Gasteiger partial charge in [0.25, 0.3) is 0 Å². The fraction of sp³-hybridized carbons (Fsp3) is 0.478. The first-order valence-electron chi connectivity index (χ1n) is 10.3. The average molecular weight is 451 g/mol. The highest BCUT2D eigenvalue weighted by Crippen LogP contribution is 2.31. The molecule has 1 aliphatic carbocycles. The van der Waals surface area contributed by atoms with E-state index in [2.05, 4.69) is 19.2 Å². The van der Waals surface area contributed by atoms with Crippen molar-refractivity contribution < 1.29 is 14.0 Å². The number of benzene rings is 1. The third-order valence-corrected chi connectivity index (χ3v) is 7.21. The molecular weight excluding hydrogens is 423 g/mol. The molecule has 0 unspecified atom stereocenters. The van der Waals surface area contributed by atoms with Crippen LogP contribution in [-0.2, 0) is 16.1 Å². The van der Waals surface area contributed by atoms with Crippen LogP contribution in [0.4, 0.5) is 4.39 Å². The van der Waals surface area contributed by atoms with Crippen molar-refractivity contribution in [1.29, 1.82) is 0 Å². The molecule has 1 aliphatic rings. The molecule has 4 atom stereocenters. The second-order valence-electron chi connectivity index (χ2n) is 8.07. The van der Waals surface area contributed by atoms with Crippen LogP contribution >= 0.6 is 22.9 Å². The van der Waals surface area contributed by atoms with E-state index in [0.29, 0.717) is 17.4 Å². The summed E-state index contributed by atoms with van der Waals surface area (Å²) < 4.78 is 13.5. The van der Waals surface area contributed by atoms with Crippen LogP contribution in [0.2, 0.25) is 0 Å². The van der Waals surface area contributed by atoms with Gasteiger partial charge in [0, 0.05) is 10.9 Å². The van der Waals surface area contributed by atoms with Gasteiger partial charge in [0.1, 0.15) is 17.7 Å². The van der Waals surface area contributed by atoms with E-state index in [1.54, 1.807) is 12.1 Å². The SMILES string of the molecule is C[C@H]1[C@H](C)CCC[C@@H]1NC(=O)[C@H](c1ccc(F)cc1)N(Cc1cccs1)C(=O)CCl. The zero-order chi connectivity index (χ0) is 21.7. The van der Waals surface area contributed by atoms with Crippen molar-refractivity contribution in [3.05, 3.63) is 58.0 Å². The maximum Gasteiger partial charge on any atom is 0.247 e. The molecule has 0 radical (unpaired) electrons. The highest BCUT2D eigenvalue weighted by atomic mass is 35.5. The number of carbonyl (C=O) groups excluding carboxylic acids is 2. The van der Waals surface area contributed by atoms with Crippen LogP contribution in [0, 0.1) is 17.7 Å². The summed E-state index contributed by atoms with van der Waals surface area (Å²) in [6, 6.07) is 8.77. The fourth-order valence-corrected chi connectivity index (χ4v) is 4.99. The van der Waals surface area contributed by atoms with Gasteiger partial charge < -0.3 is 10.2 Å². The molecule has 0 bridgehead atoms. The molecule has 3 rings (SSSR count). The smallest absolute Gasteiger partial charge is 0.247 e. The van der Waals surface area contributed by atoms with E-state index in [1.165, 1.54) is 28.4 Å². The van der Waals surface area contributed by atoms with E-state index in [1.807, 2.05) is 17.5 Å². The number of carbonyl (C=O) groups is 2. The van der Waals surface area contributed by atoms with Crippen molar-refractivity contribution in [2.75, 3.05) is 5.88 Å². The van der Waals surface area contributed by atoms with Gasteiger partial charge in [-0.3, -0.25) is 9.59 Å². The molecule has 0 aliphatic heterocycles. The Kier molecular flexibility index (Phi) is 7.89. The molecule has 7 heteroatoms. The van der Waals surface area contributed by atoms with Gasteiger partial charge in [0.15, 0.2) is 0 Å². The molecule has 30 heavy (non-hydrogen) atoms. The zero-order valence-corrected chi connectivity index (χ0v) is 18.9. The minimum atomic E-state index is -0.872. The Morgan fingerprint density at radius 2 is 1.97 bits per heavy atom. The summed E-state index contributed by atoms with van der Waals surface area (Å²) in [6.07, 6.45) is 3.14. The fourth-order valence-electron chi connectivity index (χ4n) is 4.14. The number of hydrogen-bond donors (Lipinski definition) is 1. The summed E-state index contributed by atoms with van der Waals surface area (Å²) in [4.78, 5) is 28.7. The first kappa shape index (κ1) is 22.8. The predicted molar refractivity (Wildman–Crippen MR) is 119 cm³/mol. The molecule has 0 saturated heterocycles. The molecule has 4 nitrogen and oxygen atoms in total. The molecule has 162 valence electrons. The normalized spacial score (nSPS) is 22.3. The van der Waals surface area contributed by atoms with Gasteiger partial charge in [-0.05, 0) is 47.4 Å². The van der Waals surface area contributed by atoms with Gasteiger partial charge in [0.2, 0.25) is 11.8 Å². The van der Waals surface area contributed by atoms with Crippen LogP contribution in [0.25, 0.3) is 0 Å². The van der Waals surface area contributed by atoms with Gasteiger partial charge in [-0.2, -0.15) is 0 Å². The second-order valence-corrected chi connectivity index (χ2v) is 9.37. The number of amides is 2. The maximum absolute atomic E-state index is 13.5. The van der Waals surface area contributed by atoms with Gasteiger partial charge in [0.05, 0.1) is 6.54 Å². The van der Waals surface area contributed by atoms with Gasteiger partial charge in [-0.25, -0.2) is 4.39 Å². The predicted octanol–water partition coefficient (Wildman–Crippen LogP) is 5.14. The van der Waals surface area contributed by atoms with Crippen LogP contribution < -0.4 is 5.32 Å². The van der Waals surface area contributed by atoms with Gasteiger partial charge in [-0.15, -0.1) is 22.9 Å². The monoisotopic (exact) mass is 450 g/mol. The molecule has 1 fully saturated rings. The number of nitrogens with zero attached hydrogens (tertiary/aromatic N) is 1. The van der Waals surface area contributed by atoms with Crippen molar-refractivity contribution in [2.24, 2.45) is 11.8 Å². The molecule has 2 aromatic rings. The topological polar surface area (TPSA) is 49.4 Å². The molecule has 1 N–H and O–H groups in total. The Labute approximate surface area is 186 Å². The summed E-state index contributed by atoms with van der Waals surface area (Å²) in [5.74, 6) is -0.318. The lowest BCUT2D eigenvalue weighted by Gasteiger charge is -2.37. The minimum Gasteiger partial charge on any atom is -0.351 e. The Bertz CT molecular complexity index is 843. The standard InChI is InChI=1S/C23H28ClFN2O2S/c1-15-5-3-7-20(16(15)2)26-23(29)22(17-8-10-18(25)11-9-17)27(21(28)13-24)14-19-6-4-12-30-19/h4,6,8-12,15-16,20,22H,3,5,7,13-14H2,1-2H3,(H,26,29)/t15-,16+,20+,22+/m1/s1. The Morgan fingerprint density at radius 1 is 1.23 bits per heavy atom. The Morgan fingerprint density at radius 3 is 2.60 bits per heavy atom. The van der Waals surface area contributed by atoms with Crippen LogP contribution in [0.15, 0.2) is 41.8 Å². The number of thiophene rings is 1. The summed E-state index contributed by atoms with van der Waals surface area (Å²) >= 11 is 7.42. The Balaban J connectivity index is 1.92. The minimum absolute atomic E-state index is 0.0545. The first-order chi connectivity index (χ1) is 14.4. The number of halogens is 2. The van der Waals surface area contributed by atoms with E-state index in [9.17, 15) is 14.0 Å². The highest BCUT2D eigenvalue weighted by molar-refractivity contribution is 7.09. The molecule has 1 aromatic heterocycles. The van der Waals surface area contributed by atoms with Gasteiger partial charge >= 0.3 is 0 Å². The number of rotatable bonds is 7. The summed E-state index contributed by atoms with van der Waals surface area (Å²) in [5, 5.41) is 5.11. The lowest BCUT2D eigenvalue weighted by molar-refractivity contribution is -0.140. The molecule has 2 amide bonds. The van der Waals surface area contributed by atoms with E-state index in [0.717, 1.165) is 24.1 Å². The third kappa shape index (κ3) is 5.41. The largest absolute Gasteiger partial charge is 0.351 e. The molecule has 1 saturated carbocycles. The van der Waals surface area contributed by atoms with E-state index in [-0.39, 0.29) is 36.1 Å². The van der Waals surface area contributed by atoms with Crippen LogP contribution in [0.1, 0.15) is 49.6 Å². The zero-order valence-electron chi connectivity index (χ0n) is 17.3. The summed E-state index contributed by atoms with van der Waals surface area (Å²) in [5.41, 5.74) is 0.570. The lowest BCUT2D eigenvalue weighted by Crippen LogP contribution is -2.50. The van der Waals surface area contributed by atoms with Crippen LogP contribution in [0.5, 0.6) is 0 Å². The van der Waals surface area contributed by atoms with Crippen molar-refractivity contribution in [2.45, 2.75) is 51.7 Å². The van der Waals surface area contributed by atoms with Gasteiger partial charge in [-0.1, -0.05) is 44.9 Å². The van der Waals surface area contributed by atoms with Crippen molar-refractivity contribution >= 4 is 34.8 Å². The summed E-state index contributed by atoms with van der Waals surface area (Å²) in [6.45, 7) is 4.64. The van der Waals surface area contributed by atoms with E-state index in [4.69, 9.17) is 11.6 Å². The van der Waals surface area contributed by atoms with Crippen molar-refractivity contribution in [3.8, 4) is 0 Å². The molecule has 0 spiro atoms. The van der Waals surface area contributed by atoms with Crippen LogP contribution in [-0.4, -0.2) is 28.6 Å². The number of alkyl halides is 1. The first-order valence-corrected chi connectivity index (χ1v) is 11.8. The highest BCUT2D eigenvalue weighted by Gasteiger charge is 2.35. The van der Waals surface area contributed by atoms with Crippen molar-refractivity contribution in [3.63, 3.8) is 0 Å². The molecular formula is C23H28ClFN2O2S. The van der Waals surface area contributed by atoms with E-state index >= 15 is 0 Å². The Hall–Kier alpha value is -1.92. The second kappa shape index (κ2) is 10.4. The molecule has 1 aromatic carbocycles. The van der Waals surface area contributed by atoms with Crippen LogP contribution in [0.3, 0.4) is 0 Å². The molecule has 1 heterocycles. The lowest BCUT2D eigenvalue weighted by atomic mass is 9.78. The number of hydrogen-bond acceptors (Lipinski definition) is 3. The maximum atomic E-state index is 13.5. The van der Waals surface area contributed by atoms with E-state index < -0.39 is 6.04 Å². The summed E-state index contributed by atoms with van der Waals surface area (Å²) in [7, 11) is 0. The number of nitrogens with one attached hydrogen (secondary N) is 1.